The number of thiophene rings is 6. The molecular formula is C53H47Br3Cl2S9. The van der Waals surface area contributed by atoms with Crippen LogP contribution in [0.5, 0.6) is 0 Å². The lowest BCUT2D eigenvalue weighted by Gasteiger charge is -2.11. The quantitative estimate of drug-likeness (QED) is 0.158. The Morgan fingerprint density at radius 1 is 0.403 bits per heavy atom. The highest BCUT2D eigenvalue weighted by Crippen LogP contribution is 2.59. The van der Waals surface area contributed by atoms with E-state index in [1.807, 2.05) is 80.6 Å². The van der Waals surface area contributed by atoms with Crippen LogP contribution < -0.4 is 0 Å². The van der Waals surface area contributed by atoms with Gasteiger partial charge in [0.15, 0.2) is 0 Å². The molecule has 0 bridgehead atoms. The van der Waals surface area contributed by atoms with Gasteiger partial charge in [-0.25, -0.2) is 0 Å². The highest BCUT2D eigenvalue weighted by Gasteiger charge is 2.25. The van der Waals surface area contributed by atoms with Crippen LogP contribution in [0.25, 0.3) is 60.5 Å². The van der Waals surface area contributed by atoms with Gasteiger partial charge < -0.3 is 0 Å². The van der Waals surface area contributed by atoms with Crippen molar-refractivity contribution < 1.29 is 0 Å². The van der Waals surface area contributed by atoms with Gasteiger partial charge in [0.1, 0.15) is 0 Å². The van der Waals surface area contributed by atoms with E-state index in [1.54, 1.807) is 22.7 Å². The first-order valence-electron chi connectivity index (χ1n) is 18.9. The summed E-state index contributed by atoms with van der Waals surface area (Å²) >= 11 is 35.3. The second-order valence-corrected chi connectivity index (χ2v) is 24.2. The van der Waals surface area contributed by atoms with Gasteiger partial charge in [-0.2, -0.15) is 0 Å². The third-order valence-electron chi connectivity index (χ3n) is 9.34. The topological polar surface area (TPSA) is 0 Å². The van der Waals surface area contributed by atoms with Crippen LogP contribution >= 0.6 is 171 Å². The number of alkyl halides is 2. The summed E-state index contributed by atoms with van der Waals surface area (Å²) in [5.74, 6) is 0. The third kappa shape index (κ3) is 14.0. The van der Waals surface area contributed by atoms with Crippen LogP contribution in [0.1, 0.15) is 29.7 Å². The first kappa shape index (κ1) is 57.7. The Bertz CT molecular complexity index is 3180. The fourth-order valence-electron chi connectivity index (χ4n) is 6.55. The number of fused-ring (bicyclic) bond motifs is 10. The van der Waals surface area contributed by atoms with Crippen molar-refractivity contribution in [2.24, 2.45) is 0 Å². The minimum atomic E-state index is 0. The lowest BCUT2D eigenvalue weighted by atomic mass is 10.3. The van der Waals surface area contributed by atoms with Crippen molar-refractivity contribution in [3.05, 3.63) is 178 Å². The van der Waals surface area contributed by atoms with E-state index in [9.17, 15) is 0 Å². The Morgan fingerprint density at radius 2 is 0.776 bits per heavy atom. The zero-order chi connectivity index (χ0) is 43.5. The summed E-state index contributed by atoms with van der Waals surface area (Å²) < 4.78 is 12.4. The van der Waals surface area contributed by atoms with E-state index in [1.165, 1.54) is 93.0 Å². The molecule has 0 N–H and O–H groups in total. The van der Waals surface area contributed by atoms with Crippen LogP contribution in [-0.2, 0) is 0 Å². The van der Waals surface area contributed by atoms with Crippen molar-refractivity contribution in [3.8, 4) is 0 Å². The summed E-state index contributed by atoms with van der Waals surface area (Å²) in [4.78, 5) is 5.63. The van der Waals surface area contributed by atoms with Gasteiger partial charge in [0.2, 0.25) is 0 Å². The van der Waals surface area contributed by atoms with Crippen molar-refractivity contribution in [2.45, 2.75) is 57.7 Å². The van der Waals surface area contributed by atoms with Crippen LogP contribution in [0.3, 0.4) is 0 Å². The molecule has 0 spiro atoms. The summed E-state index contributed by atoms with van der Waals surface area (Å²) in [5.41, 5.74) is 0. The largest absolute Gasteiger partial charge is 0.144 e. The SMILES string of the molecule is BrBr.Brc1csc2ccccc12.C.C.C.C.ClCCl.c1ccc2c(Sc3csc4ccccc34)csc2c1.c1ccc2c3c(sc2c1)Sc1sc2ccccc2c1S3.c1ccc2sccc2c1. The molecule has 0 saturated heterocycles. The Labute approximate surface area is 466 Å². The molecule has 6 aromatic carbocycles. The molecule has 14 heteroatoms. The van der Waals surface area contributed by atoms with Gasteiger partial charge in [0.05, 0.1) is 13.8 Å². The van der Waals surface area contributed by atoms with E-state index in [2.05, 4.69) is 217 Å². The molecule has 348 valence electrons. The van der Waals surface area contributed by atoms with Crippen molar-refractivity contribution in [2.75, 3.05) is 5.34 Å². The van der Waals surface area contributed by atoms with Gasteiger partial charge in [-0.15, -0.1) is 91.2 Å². The molecule has 0 unspecified atom stereocenters. The second kappa shape index (κ2) is 28.9. The molecule has 0 radical (unpaired) electrons. The summed E-state index contributed by atoms with van der Waals surface area (Å²) in [6.07, 6.45) is 0. The minimum Gasteiger partial charge on any atom is -0.144 e. The number of rotatable bonds is 2. The Balaban J connectivity index is 0.000000193. The normalized spacial score (nSPS) is 10.6. The lowest BCUT2D eigenvalue weighted by Crippen LogP contribution is -1.80. The average Bonchev–Trinajstić information content (AvgIpc) is 4.21. The molecule has 67 heavy (non-hydrogen) atoms. The number of hydrogen-bond acceptors (Lipinski definition) is 9. The number of benzene rings is 6. The molecule has 6 aromatic heterocycles. The van der Waals surface area contributed by atoms with Gasteiger partial charge >= 0.3 is 0 Å². The Kier molecular flexibility index (Phi) is 24.9. The molecule has 7 heterocycles. The molecule has 0 aliphatic carbocycles. The second-order valence-electron chi connectivity index (χ2n) is 13.1. The smallest absolute Gasteiger partial charge is 0.0967 e. The summed E-state index contributed by atoms with van der Waals surface area (Å²) in [7, 11) is 0. The molecule has 1 aliphatic heterocycles. The highest BCUT2D eigenvalue weighted by molar-refractivity contribution is 9.93. The summed E-state index contributed by atoms with van der Waals surface area (Å²) in [5, 5.41) is 17.2. The molecule has 0 nitrogen and oxygen atoms in total. The van der Waals surface area contributed by atoms with Crippen LogP contribution in [-0.4, -0.2) is 5.34 Å². The van der Waals surface area contributed by atoms with E-state index in [-0.39, 0.29) is 35.0 Å². The van der Waals surface area contributed by atoms with Crippen molar-refractivity contribution in [1.29, 1.82) is 0 Å². The molecule has 0 amide bonds. The predicted molar refractivity (Wildman–Crippen MR) is 332 cm³/mol. The zero-order valence-electron chi connectivity index (χ0n) is 32.5. The van der Waals surface area contributed by atoms with E-state index in [4.69, 9.17) is 23.2 Å². The molecule has 0 fully saturated rings. The fraction of sp³-hybridized carbons (Fsp3) is 0.0943. The Hall–Kier alpha value is -1.85. The van der Waals surface area contributed by atoms with Crippen LogP contribution in [0.15, 0.2) is 206 Å². The first-order chi connectivity index (χ1) is 31.1. The van der Waals surface area contributed by atoms with Gasteiger partial charge in [-0.05, 0) is 69.2 Å². The lowest BCUT2D eigenvalue weighted by molar-refractivity contribution is 1.34. The maximum Gasteiger partial charge on any atom is 0.0967 e. The predicted octanol–water partition coefficient (Wildman–Crippen LogP) is 25.2. The summed E-state index contributed by atoms with van der Waals surface area (Å²) in [6.45, 7) is 0. The first-order valence-corrected chi connectivity index (χ1v) is 32.0. The maximum absolute atomic E-state index is 4.76. The molecule has 1 aliphatic rings. The maximum atomic E-state index is 4.76. The zero-order valence-corrected chi connectivity index (χ0v) is 46.1. The van der Waals surface area contributed by atoms with Gasteiger partial charge in [0.25, 0.3) is 0 Å². The standard InChI is InChI=1S/C16H8S4.C16H10S3.C8H5BrS.C8H6S.CH2Cl2.4CH4.Br2/c1-3-7-11-9(5-1)13-15(17-11)20-16-14(19-13)10-6-2-4-8-12(10)18-16;1-3-7-13-11(5-1)15(9-17-13)19-16-10-18-14-8-4-2-6-12(14)16;9-7-5-10-8-4-2-1-3-6(7)8;1-2-4-8-7(3-1)5-6-9-8;2-1-3;;;;;1-2/h1-8H;1-10H;1-5H;1-6H;1H2;4*1H4;. The number of hydrogen-bond donors (Lipinski definition) is 0. The molecule has 0 atom stereocenters. The molecule has 13 rings (SSSR count). The van der Waals surface area contributed by atoms with E-state index in [0.717, 1.165) is 0 Å². The minimum absolute atomic E-state index is 0. The van der Waals surface area contributed by atoms with Crippen molar-refractivity contribution in [3.63, 3.8) is 0 Å². The highest BCUT2D eigenvalue weighted by atomic mass is 80.9. The summed E-state index contributed by atoms with van der Waals surface area (Å²) in [6, 6.07) is 53.6. The van der Waals surface area contributed by atoms with Crippen LogP contribution in [0.2, 0.25) is 0 Å². The third-order valence-corrected chi connectivity index (χ3v) is 21.0. The van der Waals surface area contributed by atoms with Crippen molar-refractivity contribution in [1.82, 2.24) is 0 Å². The van der Waals surface area contributed by atoms with Gasteiger partial charge in [-0.3, -0.25) is 0 Å². The number of halogens is 5. The van der Waals surface area contributed by atoms with Gasteiger partial charge in [0, 0.05) is 124 Å². The van der Waals surface area contributed by atoms with Crippen LogP contribution in [0.4, 0.5) is 0 Å². The van der Waals surface area contributed by atoms with E-state index < -0.39 is 0 Å². The average molecular weight is 1280 g/mol. The van der Waals surface area contributed by atoms with Crippen molar-refractivity contribution >= 4 is 231 Å². The van der Waals surface area contributed by atoms with E-state index >= 15 is 0 Å². The monoisotopic (exact) mass is 1280 g/mol. The molecular weight excluding hydrogens is 1240 g/mol. The Morgan fingerprint density at radius 3 is 1.24 bits per heavy atom. The van der Waals surface area contributed by atoms with Crippen LogP contribution in [0, 0.1) is 0 Å². The fourth-order valence-corrected chi connectivity index (χ4v) is 18.0. The molecule has 12 aromatic rings. The molecule has 0 saturated carbocycles. The van der Waals surface area contributed by atoms with Gasteiger partial charge in [-0.1, -0.05) is 174 Å². The van der Waals surface area contributed by atoms with E-state index in [0.29, 0.717) is 0 Å².